The summed E-state index contributed by atoms with van der Waals surface area (Å²) in [5.41, 5.74) is 2.00. The molecule has 6 nitrogen and oxygen atoms in total. The summed E-state index contributed by atoms with van der Waals surface area (Å²) in [5.74, 6) is 1.28. The van der Waals surface area contributed by atoms with Crippen molar-refractivity contribution in [1.82, 2.24) is 15.2 Å². The molecular formula is C21H32FIN4O2. The van der Waals surface area contributed by atoms with Gasteiger partial charge in [0.2, 0.25) is 0 Å². The number of aromatic nitrogens is 1. The summed E-state index contributed by atoms with van der Waals surface area (Å²) in [6.07, 6.45) is 3.89. The predicted molar refractivity (Wildman–Crippen MR) is 126 cm³/mol. The van der Waals surface area contributed by atoms with Crippen molar-refractivity contribution in [1.29, 1.82) is 0 Å². The molecule has 1 aliphatic rings. The SMILES string of the molecule is CCNC(=NCCc1c[nH]c2cc(F)ccc12)N1CCC(COCCOC)C1.I. The van der Waals surface area contributed by atoms with Crippen molar-refractivity contribution >= 4 is 40.8 Å². The average Bonchev–Trinajstić information content (AvgIpc) is 3.31. The summed E-state index contributed by atoms with van der Waals surface area (Å²) in [6.45, 7) is 7.64. The molecule has 1 aliphatic heterocycles. The Bertz CT molecular complexity index is 783. The fraction of sp³-hybridized carbons (Fsp3) is 0.571. The number of ether oxygens (including phenoxy) is 2. The number of aliphatic imine (C=N–C) groups is 1. The van der Waals surface area contributed by atoms with E-state index < -0.39 is 0 Å². The molecule has 0 amide bonds. The number of nitrogens with zero attached hydrogens (tertiary/aromatic N) is 2. The lowest BCUT2D eigenvalue weighted by molar-refractivity contribution is 0.0536. The molecular weight excluding hydrogens is 486 g/mol. The standard InChI is InChI=1S/C21H31FN4O2.HI/c1-3-23-21(26-9-7-16(14-26)15-28-11-10-27-2)24-8-6-17-13-25-20-12-18(22)4-5-19(17)20;/h4-5,12-13,16,25H,3,6-11,14-15H2,1-2H3,(H,23,24);1H. The first kappa shape index (κ1) is 23.9. The molecule has 1 atom stereocenters. The number of hydrogen-bond donors (Lipinski definition) is 2. The van der Waals surface area contributed by atoms with E-state index >= 15 is 0 Å². The van der Waals surface area contributed by atoms with Crippen LogP contribution in [0.25, 0.3) is 10.9 Å². The average molecular weight is 518 g/mol. The van der Waals surface area contributed by atoms with Crippen LogP contribution in [-0.2, 0) is 15.9 Å². The lowest BCUT2D eigenvalue weighted by Crippen LogP contribution is -2.40. The third-order valence-corrected chi connectivity index (χ3v) is 5.08. The fourth-order valence-electron chi connectivity index (χ4n) is 3.63. The number of methoxy groups -OCH3 is 1. The minimum atomic E-state index is -0.219. The molecule has 1 unspecified atom stereocenters. The maximum Gasteiger partial charge on any atom is 0.193 e. The van der Waals surface area contributed by atoms with Crippen molar-refractivity contribution in [2.24, 2.45) is 10.9 Å². The van der Waals surface area contributed by atoms with Gasteiger partial charge in [-0.1, -0.05) is 0 Å². The second-order valence-electron chi connectivity index (χ2n) is 7.16. The zero-order chi connectivity index (χ0) is 19.8. The van der Waals surface area contributed by atoms with E-state index in [2.05, 4.69) is 22.1 Å². The summed E-state index contributed by atoms with van der Waals surface area (Å²) >= 11 is 0. The molecule has 162 valence electrons. The summed E-state index contributed by atoms with van der Waals surface area (Å²) < 4.78 is 24.0. The van der Waals surface area contributed by atoms with E-state index in [0.29, 0.717) is 25.7 Å². The molecule has 0 saturated carbocycles. The number of fused-ring (bicyclic) bond motifs is 1. The zero-order valence-corrected chi connectivity index (χ0v) is 19.6. The van der Waals surface area contributed by atoms with Crippen LogP contribution in [0.2, 0.25) is 0 Å². The van der Waals surface area contributed by atoms with Gasteiger partial charge in [0.1, 0.15) is 5.82 Å². The van der Waals surface area contributed by atoms with Gasteiger partial charge in [-0.3, -0.25) is 4.99 Å². The Morgan fingerprint density at radius 1 is 1.38 bits per heavy atom. The largest absolute Gasteiger partial charge is 0.382 e. The van der Waals surface area contributed by atoms with Gasteiger partial charge in [0.15, 0.2) is 5.96 Å². The Kier molecular flexibility index (Phi) is 10.2. The topological polar surface area (TPSA) is 61.9 Å². The second kappa shape index (κ2) is 12.3. The van der Waals surface area contributed by atoms with Crippen LogP contribution in [0.15, 0.2) is 29.4 Å². The molecule has 29 heavy (non-hydrogen) atoms. The third kappa shape index (κ3) is 6.82. The Labute approximate surface area is 189 Å². The first-order valence-corrected chi connectivity index (χ1v) is 10.1. The molecule has 1 aromatic carbocycles. The van der Waals surface area contributed by atoms with E-state index in [4.69, 9.17) is 14.5 Å². The molecule has 0 radical (unpaired) electrons. The van der Waals surface area contributed by atoms with E-state index in [-0.39, 0.29) is 29.8 Å². The summed E-state index contributed by atoms with van der Waals surface area (Å²) in [5, 5.41) is 4.47. The van der Waals surface area contributed by atoms with Gasteiger partial charge in [-0.25, -0.2) is 4.39 Å². The van der Waals surface area contributed by atoms with Gasteiger partial charge < -0.3 is 24.7 Å². The van der Waals surface area contributed by atoms with Crippen molar-refractivity contribution in [2.75, 3.05) is 53.1 Å². The van der Waals surface area contributed by atoms with Crippen LogP contribution < -0.4 is 5.32 Å². The number of hydrogen-bond acceptors (Lipinski definition) is 3. The molecule has 1 aromatic heterocycles. The molecule has 2 N–H and O–H groups in total. The lowest BCUT2D eigenvalue weighted by Gasteiger charge is -2.21. The maximum atomic E-state index is 13.3. The van der Waals surface area contributed by atoms with Crippen LogP contribution in [0.5, 0.6) is 0 Å². The molecule has 0 aliphatic carbocycles. The van der Waals surface area contributed by atoms with Gasteiger partial charge in [-0.15, -0.1) is 24.0 Å². The highest BCUT2D eigenvalue weighted by atomic mass is 127. The predicted octanol–water partition coefficient (Wildman–Crippen LogP) is 3.42. The molecule has 0 spiro atoms. The van der Waals surface area contributed by atoms with Crippen molar-refractivity contribution < 1.29 is 13.9 Å². The highest BCUT2D eigenvalue weighted by Gasteiger charge is 2.24. The first-order chi connectivity index (χ1) is 13.7. The third-order valence-electron chi connectivity index (χ3n) is 5.08. The van der Waals surface area contributed by atoms with E-state index in [9.17, 15) is 4.39 Å². The second-order valence-corrected chi connectivity index (χ2v) is 7.16. The molecule has 2 aromatic rings. The fourth-order valence-corrected chi connectivity index (χ4v) is 3.63. The highest BCUT2D eigenvalue weighted by Crippen LogP contribution is 2.20. The maximum absolute atomic E-state index is 13.3. The molecule has 1 fully saturated rings. The Morgan fingerprint density at radius 3 is 3.03 bits per heavy atom. The van der Waals surface area contributed by atoms with Gasteiger partial charge in [0, 0.05) is 56.3 Å². The van der Waals surface area contributed by atoms with Gasteiger partial charge in [0.25, 0.3) is 0 Å². The minimum Gasteiger partial charge on any atom is -0.382 e. The van der Waals surface area contributed by atoms with E-state index in [1.807, 2.05) is 12.3 Å². The quantitative estimate of drug-likeness (QED) is 0.231. The van der Waals surface area contributed by atoms with Crippen molar-refractivity contribution in [2.45, 2.75) is 19.8 Å². The van der Waals surface area contributed by atoms with Crippen LogP contribution in [0.4, 0.5) is 4.39 Å². The summed E-state index contributed by atoms with van der Waals surface area (Å²) in [4.78, 5) is 10.3. The smallest absolute Gasteiger partial charge is 0.193 e. The normalized spacial score (nSPS) is 17.0. The zero-order valence-electron chi connectivity index (χ0n) is 17.2. The Hall–Kier alpha value is -1.39. The van der Waals surface area contributed by atoms with Gasteiger partial charge in [0.05, 0.1) is 19.8 Å². The van der Waals surface area contributed by atoms with Crippen molar-refractivity contribution in [3.63, 3.8) is 0 Å². The Morgan fingerprint density at radius 2 is 2.24 bits per heavy atom. The number of nitrogens with one attached hydrogen (secondary N) is 2. The van der Waals surface area contributed by atoms with Crippen LogP contribution >= 0.6 is 24.0 Å². The van der Waals surface area contributed by atoms with E-state index in [0.717, 1.165) is 55.9 Å². The summed E-state index contributed by atoms with van der Waals surface area (Å²) in [7, 11) is 1.69. The van der Waals surface area contributed by atoms with Gasteiger partial charge >= 0.3 is 0 Å². The van der Waals surface area contributed by atoms with Crippen LogP contribution in [0.3, 0.4) is 0 Å². The number of rotatable bonds is 9. The monoisotopic (exact) mass is 518 g/mol. The highest BCUT2D eigenvalue weighted by molar-refractivity contribution is 14.0. The number of H-pyrrole nitrogens is 1. The van der Waals surface area contributed by atoms with Crippen LogP contribution in [0.1, 0.15) is 18.9 Å². The molecule has 3 rings (SSSR count). The van der Waals surface area contributed by atoms with Crippen molar-refractivity contribution in [3.8, 4) is 0 Å². The molecule has 2 heterocycles. The van der Waals surface area contributed by atoms with Gasteiger partial charge in [-0.05, 0) is 43.5 Å². The van der Waals surface area contributed by atoms with E-state index in [1.165, 1.54) is 17.7 Å². The lowest BCUT2D eigenvalue weighted by atomic mass is 10.1. The Balaban J connectivity index is 0.00000300. The first-order valence-electron chi connectivity index (χ1n) is 10.1. The molecule has 1 saturated heterocycles. The number of guanidine groups is 1. The number of halogens is 2. The van der Waals surface area contributed by atoms with Crippen LogP contribution in [-0.4, -0.2) is 69.0 Å². The van der Waals surface area contributed by atoms with Crippen LogP contribution in [0, 0.1) is 11.7 Å². The molecule has 0 bridgehead atoms. The van der Waals surface area contributed by atoms with Crippen molar-refractivity contribution in [3.05, 3.63) is 35.8 Å². The molecule has 8 heteroatoms. The minimum absolute atomic E-state index is 0. The summed E-state index contributed by atoms with van der Waals surface area (Å²) in [6, 6.07) is 4.87. The van der Waals surface area contributed by atoms with E-state index in [1.54, 1.807) is 7.11 Å². The number of benzene rings is 1. The van der Waals surface area contributed by atoms with Gasteiger partial charge in [-0.2, -0.15) is 0 Å². The number of likely N-dealkylation sites (tertiary alicyclic amines) is 1. The number of aromatic amines is 1.